The van der Waals surface area contributed by atoms with Crippen LogP contribution in [0.15, 0.2) is 54.6 Å². The fraction of sp³-hybridized carbons (Fsp3) is 0.370. The lowest BCUT2D eigenvalue weighted by Crippen LogP contribution is -2.39. The molecular formula is C27H31ClFN3O. The Kier molecular flexibility index (Phi) is 7.51. The van der Waals surface area contributed by atoms with Gasteiger partial charge in [0.1, 0.15) is 5.82 Å². The van der Waals surface area contributed by atoms with E-state index in [0.29, 0.717) is 23.2 Å². The van der Waals surface area contributed by atoms with E-state index in [1.165, 1.54) is 31.4 Å². The van der Waals surface area contributed by atoms with Gasteiger partial charge in [0.05, 0.1) is 22.0 Å². The second-order valence-electron chi connectivity index (χ2n) is 8.81. The molecular weight excluding hydrogens is 437 g/mol. The normalized spacial score (nSPS) is 16.7. The monoisotopic (exact) mass is 467 g/mol. The van der Waals surface area contributed by atoms with Crippen molar-refractivity contribution in [1.29, 1.82) is 0 Å². The first-order valence-corrected chi connectivity index (χ1v) is 12.1. The van der Waals surface area contributed by atoms with Crippen molar-refractivity contribution in [2.45, 2.75) is 45.6 Å². The fourth-order valence-corrected chi connectivity index (χ4v) is 4.90. The highest BCUT2D eigenvalue weighted by Crippen LogP contribution is 2.32. The summed E-state index contributed by atoms with van der Waals surface area (Å²) in [6, 6.07) is 16.3. The van der Waals surface area contributed by atoms with Gasteiger partial charge in [-0.2, -0.15) is 0 Å². The van der Waals surface area contributed by atoms with Crippen LogP contribution in [-0.2, 0) is 0 Å². The number of nitrogens with one attached hydrogen (secondary N) is 1. The van der Waals surface area contributed by atoms with E-state index < -0.39 is 0 Å². The lowest BCUT2D eigenvalue weighted by Gasteiger charge is -2.33. The number of halogens is 2. The number of likely N-dealkylation sites (tertiary alicyclic amines) is 1. The Bertz CT molecular complexity index is 1110. The first-order chi connectivity index (χ1) is 16.0. The van der Waals surface area contributed by atoms with Gasteiger partial charge in [0, 0.05) is 24.8 Å². The minimum atomic E-state index is -0.299. The second-order valence-corrected chi connectivity index (χ2v) is 9.22. The molecule has 6 heteroatoms. The van der Waals surface area contributed by atoms with Crippen LogP contribution in [0.25, 0.3) is 16.9 Å². The third-order valence-electron chi connectivity index (χ3n) is 6.57. The Morgan fingerprint density at radius 3 is 2.64 bits per heavy atom. The number of aromatic nitrogens is 1. The van der Waals surface area contributed by atoms with Crippen molar-refractivity contribution in [3.63, 3.8) is 0 Å². The standard InChI is InChI=1S/C27H31ClFN3O/c1-19-8-5-6-16-31(19)17-7-15-30-27(33)23-18-26(21-11-13-22(29)14-12-21)32(20(23)2)25-10-4-3-9-24(25)28/h3-4,9-14,18-19H,5-8,15-17H2,1-2H3,(H,30,33). The molecule has 1 unspecified atom stereocenters. The molecule has 2 aromatic carbocycles. The van der Waals surface area contributed by atoms with E-state index in [2.05, 4.69) is 17.1 Å². The molecule has 33 heavy (non-hydrogen) atoms. The molecule has 1 saturated heterocycles. The van der Waals surface area contributed by atoms with Crippen LogP contribution in [0.5, 0.6) is 0 Å². The Morgan fingerprint density at radius 2 is 1.91 bits per heavy atom. The zero-order valence-electron chi connectivity index (χ0n) is 19.3. The molecule has 174 valence electrons. The first-order valence-electron chi connectivity index (χ1n) is 11.7. The van der Waals surface area contributed by atoms with E-state index in [9.17, 15) is 9.18 Å². The summed E-state index contributed by atoms with van der Waals surface area (Å²) in [6.07, 6.45) is 4.75. The number of amides is 1. The van der Waals surface area contributed by atoms with Crippen molar-refractivity contribution in [3.05, 3.63) is 76.7 Å². The van der Waals surface area contributed by atoms with E-state index >= 15 is 0 Å². The van der Waals surface area contributed by atoms with Crippen LogP contribution in [0.2, 0.25) is 5.02 Å². The van der Waals surface area contributed by atoms with Crippen LogP contribution in [0.1, 0.15) is 48.7 Å². The van der Waals surface area contributed by atoms with E-state index in [-0.39, 0.29) is 11.7 Å². The summed E-state index contributed by atoms with van der Waals surface area (Å²) < 4.78 is 15.5. The summed E-state index contributed by atoms with van der Waals surface area (Å²) in [5, 5.41) is 3.67. The molecule has 0 bridgehead atoms. The Morgan fingerprint density at radius 1 is 1.15 bits per heavy atom. The molecule has 0 saturated carbocycles. The minimum Gasteiger partial charge on any atom is -0.352 e. The molecule has 0 radical (unpaired) electrons. The molecule has 1 N–H and O–H groups in total. The van der Waals surface area contributed by atoms with E-state index in [0.717, 1.165) is 42.1 Å². The summed E-state index contributed by atoms with van der Waals surface area (Å²) >= 11 is 6.51. The number of hydrogen-bond donors (Lipinski definition) is 1. The van der Waals surface area contributed by atoms with E-state index in [4.69, 9.17) is 11.6 Å². The number of hydrogen-bond acceptors (Lipinski definition) is 2. The maximum absolute atomic E-state index is 13.5. The van der Waals surface area contributed by atoms with Crippen LogP contribution < -0.4 is 5.32 Å². The summed E-state index contributed by atoms with van der Waals surface area (Å²) in [5.74, 6) is -0.402. The molecule has 1 amide bonds. The van der Waals surface area contributed by atoms with Gasteiger partial charge in [-0.05, 0) is 87.7 Å². The minimum absolute atomic E-state index is 0.103. The molecule has 0 spiro atoms. The highest BCUT2D eigenvalue weighted by Gasteiger charge is 2.21. The van der Waals surface area contributed by atoms with Crippen molar-refractivity contribution in [2.24, 2.45) is 0 Å². The van der Waals surface area contributed by atoms with Crippen molar-refractivity contribution >= 4 is 17.5 Å². The van der Waals surface area contributed by atoms with Gasteiger partial charge in [-0.15, -0.1) is 0 Å². The Labute approximate surface area is 200 Å². The van der Waals surface area contributed by atoms with Gasteiger partial charge in [0.25, 0.3) is 5.91 Å². The third-order valence-corrected chi connectivity index (χ3v) is 6.89. The molecule has 1 aliphatic rings. The summed E-state index contributed by atoms with van der Waals surface area (Å²) in [6.45, 7) is 6.98. The summed E-state index contributed by atoms with van der Waals surface area (Å²) in [5.41, 5.74) is 3.80. The van der Waals surface area contributed by atoms with Gasteiger partial charge < -0.3 is 14.8 Å². The topological polar surface area (TPSA) is 37.3 Å². The predicted octanol–water partition coefficient (Wildman–Crippen LogP) is 6.24. The van der Waals surface area contributed by atoms with Gasteiger partial charge >= 0.3 is 0 Å². The van der Waals surface area contributed by atoms with Crippen molar-refractivity contribution in [2.75, 3.05) is 19.6 Å². The average Bonchev–Trinajstić information content (AvgIpc) is 3.15. The molecule has 1 aliphatic heterocycles. The van der Waals surface area contributed by atoms with Crippen molar-refractivity contribution in [3.8, 4) is 16.9 Å². The van der Waals surface area contributed by atoms with Crippen LogP contribution >= 0.6 is 11.6 Å². The van der Waals surface area contributed by atoms with Gasteiger partial charge in [-0.25, -0.2) is 4.39 Å². The lowest BCUT2D eigenvalue weighted by molar-refractivity contribution is 0.0948. The second kappa shape index (κ2) is 10.5. The number of carbonyl (C=O) groups excluding carboxylic acids is 1. The lowest BCUT2D eigenvalue weighted by atomic mass is 10.0. The van der Waals surface area contributed by atoms with E-state index in [1.54, 1.807) is 12.1 Å². The van der Waals surface area contributed by atoms with Crippen LogP contribution in [-0.4, -0.2) is 41.1 Å². The number of benzene rings is 2. The Hall–Kier alpha value is -2.63. The number of nitrogens with zero attached hydrogens (tertiary/aromatic N) is 2. The van der Waals surface area contributed by atoms with Gasteiger partial charge in [0.2, 0.25) is 0 Å². The van der Waals surface area contributed by atoms with Crippen LogP contribution in [0.4, 0.5) is 4.39 Å². The maximum atomic E-state index is 13.5. The van der Waals surface area contributed by atoms with Crippen molar-refractivity contribution < 1.29 is 9.18 Å². The van der Waals surface area contributed by atoms with Gasteiger partial charge in [-0.1, -0.05) is 30.2 Å². The number of carbonyl (C=O) groups is 1. The zero-order valence-corrected chi connectivity index (χ0v) is 20.0. The number of piperidine rings is 1. The molecule has 4 nitrogen and oxygen atoms in total. The quantitative estimate of drug-likeness (QED) is 0.417. The molecule has 2 heterocycles. The number of para-hydroxylation sites is 1. The predicted molar refractivity (Wildman–Crippen MR) is 133 cm³/mol. The first kappa shape index (κ1) is 23.5. The largest absolute Gasteiger partial charge is 0.352 e. The van der Waals surface area contributed by atoms with Crippen molar-refractivity contribution in [1.82, 2.24) is 14.8 Å². The molecule has 1 fully saturated rings. The SMILES string of the molecule is Cc1c(C(=O)NCCCN2CCCCC2C)cc(-c2ccc(F)cc2)n1-c1ccccc1Cl. The highest BCUT2D eigenvalue weighted by atomic mass is 35.5. The Balaban J connectivity index is 1.55. The summed E-state index contributed by atoms with van der Waals surface area (Å²) in [7, 11) is 0. The highest BCUT2D eigenvalue weighted by molar-refractivity contribution is 6.32. The van der Waals surface area contributed by atoms with E-state index in [1.807, 2.05) is 41.8 Å². The molecule has 1 atom stereocenters. The van der Waals surface area contributed by atoms with Gasteiger partial charge in [-0.3, -0.25) is 4.79 Å². The zero-order chi connectivity index (χ0) is 23.4. The van der Waals surface area contributed by atoms with Gasteiger partial charge in [0.15, 0.2) is 0 Å². The van der Waals surface area contributed by atoms with Crippen LogP contribution in [0.3, 0.4) is 0 Å². The molecule has 0 aliphatic carbocycles. The summed E-state index contributed by atoms with van der Waals surface area (Å²) in [4.78, 5) is 15.6. The molecule has 3 aromatic rings. The smallest absolute Gasteiger partial charge is 0.253 e. The average molecular weight is 468 g/mol. The molecule has 1 aromatic heterocycles. The fourth-order valence-electron chi connectivity index (χ4n) is 4.68. The number of rotatable bonds is 7. The van der Waals surface area contributed by atoms with Crippen LogP contribution in [0, 0.1) is 12.7 Å². The third kappa shape index (κ3) is 5.31. The molecule has 4 rings (SSSR count). The maximum Gasteiger partial charge on any atom is 0.253 e.